The molecule has 0 spiro atoms. The maximum Gasteiger partial charge on any atom is 0.138 e. The SMILES string of the molecule is COCCOc1cnc2[nH]cc(Cc3ccc(N)nc3)c2c1. The van der Waals surface area contributed by atoms with Crippen LogP contribution in [0.5, 0.6) is 5.75 Å². The predicted octanol–water partition coefficient (Wildman–Crippen LogP) is 2.16. The largest absolute Gasteiger partial charge is 0.490 e. The molecule has 3 aromatic rings. The van der Waals surface area contributed by atoms with Gasteiger partial charge in [0.15, 0.2) is 0 Å². The third-order valence-electron chi connectivity index (χ3n) is 3.39. The van der Waals surface area contributed by atoms with Crippen LogP contribution in [-0.4, -0.2) is 35.3 Å². The molecular weight excluding hydrogens is 280 g/mol. The van der Waals surface area contributed by atoms with Crippen molar-refractivity contribution in [3.05, 3.63) is 47.9 Å². The lowest BCUT2D eigenvalue weighted by atomic mass is 10.1. The van der Waals surface area contributed by atoms with Crippen LogP contribution in [0.1, 0.15) is 11.1 Å². The second-order valence-electron chi connectivity index (χ2n) is 4.99. The molecule has 0 amide bonds. The van der Waals surface area contributed by atoms with E-state index in [-0.39, 0.29) is 0 Å². The van der Waals surface area contributed by atoms with E-state index < -0.39 is 0 Å². The monoisotopic (exact) mass is 298 g/mol. The molecule has 114 valence electrons. The molecule has 0 aromatic carbocycles. The molecule has 0 atom stereocenters. The molecule has 0 radical (unpaired) electrons. The molecule has 0 saturated heterocycles. The van der Waals surface area contributed by atoms with E-state index in [4.69, 9.17) is 15.2 Å². The molecule has 6 nitrogen and oxygen atoms in total. The number of aromatic nitrogens is 3. The fourth-order valence-electron chi connectivity index (χ4n) is 2.27. The third-order valence-corrected chi connectivity index (χ3v) is 3.39. The van der Waals surface area contributed by atoms with Crippen molar-refractivity contribution in [2.75, 3.05) is 26.1 Å². The van der Waals surface area contributed by atoms with E-state index in [2.05, 4.69) is 15.0 Å². The van der Waals surface area contributed by atoms with Crippen LogP contribution < -0.4 is 10.5 Å². The summed E-state index contributed by atoms with van der Waals surface area (Å²) in [5.41, 5.74) is 8.70. The minimum absolute atomic E-state index is 0.505. The van der Waals surface area contributed by atoms with Crippen LogP contribution in [0.3, 0.4) is 0 Å². The zero-order valence-electron chi connectivity index (χ0n) is 12.4. The Labute approximate surface area is 128 Å². The Morgan fingerprint density at radius 3 is 2.86 bits per heavy atom. The van der Waals surface area contributed by atoms with Gasteiger partial charge in [-0.3, -0.25) is 0 Å². The van der Waals surface area contributed by atoms with Gasteiger partial charge in [0.25, 0.3) is 0 Å². The Morgan fingerprint density at radius 2 is 2.09 bits per heavy atom. The second kappa shape index (κ2) is 6.44. The van der Waals surface area contributed by atoms with E-state index in [9.17, 15) is 0 Å². The minimum atomic E-state index is 0.505. The second-order valence-corrected chi connectivity index (χ2v) is 4.99. The molecule has 0 fully saturated rings. The zero-order chi connectivity index (χ0) is 15.4. The summed E-state index contributed by atoms with van der Waals surface area (Å²) in [6.07, 6.45) is 6.23. The number of ether oxygens (including phenoxy) is 2. The van der Waals surface area contributed by atoms with Crippen LogP contribution in [-0.2, 0) is 11.2 Å². The highest BCUT2D eigenvalue weighted by Gasteiger charge is 2.08. The molecule has 0 aliphatic heterocycles. The Morgan fingerprint density at radius 1 is 1.18 bits per heavy atom. The number of nitrogens with zero attached hydrogens (tertiary/aromatic N) is 2. The van der Waals surface area contributed by atoms with Gasteiger partial charge in [-0.05, 0) is 23.3 Å². The van der Waals surface area contributed by atoms with Crippen molar-refractivity contribution in [1.82, 2.24) is 15.0 Å². The number of aromatic amines is 1. The van der Waals surface area contributed by atoms with E-state index in [0.717, 1.165) is 34.3 Å². The number of nitrogens with one attached hydrogen (secondary N) is 1. The fourth-order valence-corrected chi connectivity index (χ4v) is 2.27. The van der Waals surface area contributed by atoms with E-state index in [1.807, 2.05) is 24.4 Å². The molecule has 0 aliphatic carbocycles. The summed E-state index contributed by atoms with van der Waals surface area (Å²) in [6, 6.07) is 5.78. The van der Waals surface area contributed by atoms with Crippen molar-refractivity contribution >= 4 is 16.9 Å². The highest BCUT2D eigenvalue weighted by atomic mass is 16.5. The number of hydrogen-bond acceptors (Lipinski definition) is 5. The standard InChI is InChI=1S/C16H18N4O2/c1-21-4-5-22-13-7-14-12(9-19-16(14)20-10-13)6-11-2-3-15(17)18-8-11/h2-3,7-10H,4-6H2,1H3,(H2,17,18)(H,19,20). The van der Waals surface area contributed by atoms with Gasteiger partial charge in [-0.25, -0.2) is 9.97 Å². The number of nitrogen functional groups attached to an aromatic ring is 1. The van der Waals surface area contributed by atoms with Crippen LogP contribution in [0.15, 0.2) is 36.8 Å². The molecule has 0 saturated carbocycles. The van der Waals surface area contributed by atoms with Crippen molar-refractivity contribution in [2.45, 2.75) is 6.42 Å². The number of nitrogens with two attached hydrogens (primary N) is 1. The number of fused-ring (bicyclic) bond motifs is 1. The molecule has 6 heteroatoms. The zero-order valence-corrected chi connectivity index (χ0v) is 12.4. The number of methoxy groups -OCH3 is 1. The molecular formula is C16H18N4O2. The van der Waals surface area contributed by atoms with Gasteiger partial charge >= 0.3 is 0 Å². The average Bonchev–Trinajstić information content (AvgIpc) is 2.92. The highest BCUT2D eigenvalue weighted by Crippen LogP contribution is 2.23. The number of pyridine rings is 2. The molecule has 0 bridgehead atoms. The van der Waals surface area contributed by atoms with Gasteiger partial charge in [0, 0.05) is 31.3 Å². The first-order chi connectivity index (χ1) is 10.8. The summed E-state index contributed by atoms with van der Waals surface area (Å²) < 4.78 is 10.6. The van der Waals surface area contributed by atoms with Crippen molar-refractivity contribution in [2.24, 2.45) is 0 Å². The van der Waals surface area contributed by atoms with Crippen LogP contribution in [0.25, 0.3) is 11.0 Å². The van der Waals surface area contributed by atoms with Crippen molar-refractivity contribution in [1.29, 1.82) is 0 Å². The topological polar surface area (TPSA) is 86.0 Å². The maximum absolute atomic E-state index is 5.61. The summed E-state index contributed by atoms with van der Waals surface area (Å²) in [4.78, 5) is 11.7. The summed E-state index contributed by atoms with van der Waals surface area (Å²) in [5, 5.41) is 1.05. The number of rotatable bonds is 6. The van der Waals surface area contributed by atoms with Gasteiger partial charge in [0.2, 0.25) is 0 Å². The van der Waals surface area contributed by atoms with E-state index in [1.54, 1.807) is 19.5 Å². The fraction of sp³-hybridized carbons (Fsp3) is 0.250. The van der Waals surface area contributed by atoms with Crippen LogP contribution >= 0.6 is 0 Å². The summed E-state index contributed by atoms with van der Waals surface area (Å²) in [6.45, 7) is 1.06. The molecule has 3 rings (SSSR count). The number of hydrogen-bond donors (Lipinski definition) is 2. The van der Waals surface area contributed by atoms with Crippen LogP contribution in [0.2, 0.25) is 0 Å². The Bertz CT molecular complexity index is 752. The Balaban J connectivity index is 1.83. The number of H-pyrrole nitrogens is 1. The average molecular weight is 298 g/mol. The first kappa shape index (κ1) is 14.3. The van der Waals surface area contributed by atoms with Gasteiger partial charge in [0.1, 0.15) is 23.8 Å². The molecule has 3 heterocycles. The minimum Gasteiger partial charge on any atom is -0.490 e. The van der Waals surface area contributed by atoms with Crippen LogP contribution in [0.4, 0.5) is 5.82 Å². The molecule has 3 N–H and O–H groups in total. The molecule has 3 aromatic heterocycles. The lowest BCUT2D eigenvalue weighted by Gasteiger charge is -2.05. The first-order valence-electron chi connectivity index (χ1n) is 7.04. The lowest BCUT2D eigenvalue weighted by molar-refractivity contribution is 0.146. The molecule has 0 unspecified atom stereocenters. The Hall–Kier alpha value is -2.60. The van der Waals surface area contributed by atoms with Crippen molar-refractivity contribution < 1.29 is 9.47 Å². The quantitative estimate of drug-likeness (QED) is 0.681. The predicted molar refractivity (Wildman–Crippen MR) is 84.9 cm³/mol. The molecule has 22 heavy (non-hydrogen) atoms. The lowest BCUT2D eigenvalue weighted by Crippen LogP contribution is -2.04. The van der Waals surface area contributed by atoms with Gasteiger partial charge in [-0.15, -0.1) is 0 Å². The normalized spacial score (nSPS) is 11.0. The van der Waals surface area contributed by atoms with E-state index >= 15 is 0 Å². The number of anilines is 1. The van der Waals surface area contributed by atoms with Crippen molar-refractivity contribution in [3.8, 4) is 5.75 Å². The molecule has 0 aliphatic rings. The first-order valence-corrected chi connectivity index (χ1v) is 7.04. The Kier molecular flexibility index (Phi) is 4.20. The summed E-state index contributed by atoms with van der Waals surface area (Å²) in [7, 11) is 1.65. The van der Waals surface area contributed by atoms with Gasteiger partial charge in [-0.2, -0.15) is 0 Å². The van der Waals surface area contributed by atoms with Crippen LogP contribution in [0, 0.1) is 0 Å². The highest BCUT2D eigenvalue weighted by molar-refractivity contribution is 5.81. The van der Waals surface area contributed by atoms with E-state index in [1.165, 1.54) is 0 Å². The van der Waals surface area contributed by atoms with E-state index in [0.29, 0.717) is 19.0 Å². The third kappa shape index (κ3) is 3.17. The summed E-state index contributed by atoms with van der Waals surface area (Å²) >= 11 is 0. The maximum atomic E-state index is 5.61. The van der Waals surface area contributed by atoms with Gasteiger partial charge < -0.3 is 20.2 Å². The van der Waals surface area contributed by atoms with Gasteiger partial charge in [-0.1, -0.05) is 6.07 Å². The van der Waals surface area contributed by atoms with Crippen molar-refractivity contribution in [3.63, 3.8) is 0 Å². The smallest absolute Gasteiger partial charge is 0.138 e. The van der Waals surface area contributed by atoms with Gasteiger partial charge in [0.05, 0.1) is 12.8 Å². The summed E-state index contributed by atoms with van der Waals surface area (Å²) in [5.74, 6) is 1.26.